The summed E-state index contributed by atoms with van der Waals surface area (Å²) in [6.07, 6.45) is 0.803. The second-order valence-corrected chi connectivity index (χ2v) is 4.71. The Labute approximate surface area is 118 Å². The Hall–Kier alpha value is -1.95. The van der Waals surface area contributed by atoms with Gasteiger partial charge in [0.25, 0.3) is 0 Å². The van der Waals surface area contributed by atoms with Gasteiger partial charge in [0.1, 0.15) is 0 Å². The fourth-order valence-corrected chi connectivity index (χ4v) is 1.99. The molecule has 0 aliphatic carbocycles. The number of nitrogens with two attached hydrogens (primary N) is 1. The minimum atomic E-state index is 0.147. The summed E-state index contributed by atoms with van der Waals surface area (Å²) in [4.78, 5) is 4.29. The molecule has 1 unspecified atom stereocenters. The molecule has 0 spiro atoms. The van der Waals surface area contributed by atoms with Gasteiger partial charge in [0, 0.05) is 19.7 Å². The van der Waals surface area contributed by atoms with Crippen LogP contribution in [-0.4, -0.2) is 39.1 Å². The summed E-state index contributed by atoms with van der Waals surface area (Å²) in [7, 11) is 1.66. The summed E-state index contributed by atoms with van der Waals surface area (Å²) >= 11 is 0. The quantitative estimate of drug-likeness (QED) is 0.597. The molecular weight excluding hydrogens is 258 g/mol. The standard InChI is InChI=1S/C14H21N3O3/c1-10(8-18-2)17-14(15)16-6-5-11-3-4-12-13(7-11)20-9-19-12/h3-4,7,10H,5-6,8-9H2,1-2H3,(H3,15,16,17). The van der Waals surface area contributed by atoms with Crippen LogP contribution in [0.4, 0.5) is 0 Å². The van der Waals surface area contributed by atoms with Gasteiger partial charge in [0.05, 0.1) is 6.61 Å². The molecular formula is C14H21N3O3. The first-order valence-electron chi connectivity index (χ1n) is 6.63. The topological polar surface area (TPSA) is 78.1 Å². The van der Waals surface area contributed by atoms with E-state index < -0.39 is 0 Å². The lowest BCUT2D eigenvalue weighted by atomic mass is 10.1. The molecule has 3 N–H and O–H groups in total. The van der Waals surface area contributed by atoms with Crippen molar-refractivity contribution >= 4 is 5.96 Å². The first kappa shape index (κ1) is 14.5. The third-order valence-electron chi connectivity index (χ3n) is 2.93. The summed E-state index contributed by atoms with van der Waals surface area (Å²) < 4.78 is 15.6. The van der Waals surface area contributed by atoms with E-state index in [4.69, 9.17) is 19.9 Å². The molecule has 1 aromatic rings. The minimum Gasteiger partial charge on any atom is -0.454 e. The van der Waals surface area contributed by atoms with Crippen LogP contribution in [0.2, 0.25) is 0 Å². The van der Waals surface area contributed by atoms with Crippen LogP contribution in [0.25, 0.3) is 0 Å². The summed E-state index contributed by atoms with van der Waals surface area (Å²) in [6, 6.07) is 6.06. The number of methoxy groups -OCH3 is 1. The van der Waals surface area contributed by atoms with Crippen LogP contribution in [-0.2, 0) is 11.2 Å². The fourth-order valence-electron chi connectivity index (χ4n) is 1.99. The summed E-state index contributed by atoms with van der Waals surface area (Å²) in [5.74, 6) is 2.04. The molecule has 2 rings (SSSR count). The van der Waals surface area contributed by atoms with E-state index in [1.54, 1.807) is 7.11 Å². The van der Waals surface area contributed by atoms with E-state index in [-0.39, 0.29) is 6.04 Å². The molecule has 0 fully saturated rings. The lowest BCUT2D eigenvalue weighted by Crippen LogP contribution is -2.40. The number of aliphatic imine (C=N–C) groups is 1. The number of fused-ring (bicyclic) bond motifs is 1. The molecule has 0 bridgehead atoms. The van der Waals surface area contributed by atoms with Gasteiger partial charge >= 0.3 is 0 Å². The molecule has 1 aromatic carbocycles. The van der Waals surface area contributed by atoms with Gasteiger partial charge in [-0.15, -0.1) is 0 Å². The smallest absolute Gasteiger partial charge is 0.231 e. The second-order valence-electron chi connectivity index (χ2n) is 4.71. The van der Waals surface area contributed by atoms with Crippen LogP contribution >= 0.6 is 0 Å². The predicted octanol–water partition coefficient (Wildman–Crippen LogP) is 0.897. The molecule has 1 aliphatic heterocycles. The van der Waals surface area contributed by atoms with Crippen LogP contribution in [0.15, 0.2) is 23.2 Å². The maximum Gasteiger partial charge on any atom is 0.231 e. The van der Waals surface area contributed by atoms with E-state index in [0.29, 0.717) is 25.9 Å². The Balaban J connectivity index is 1.80. The van der Waals surface area contributed by atoms with E-state index in [2.05, 4.69) is 10.3 Å². The molecule has 1 heterocycles. The van der Waals surface area contributed by atoms with Crippen molar-refractivity contribution in [2.45, 2.75) is 19.4 Å². The van der Waals surface area contributed by atoms with Gasteiger partial charge in [-0.1, -0.05) is 6.07 Å². The molecule has 0 amide bonds. The Kier molecular flexibility index (Phi) is 5.06. The average molecular weight is 279 g/mol. The Morgan fingerprint density at radius 2 is 2.25 bits per heavy atom. The van der Waals surface area contributed by atoms with Crippen LogP contribution in [0.1, 0.15) is 12.5 Å². The maximum absolute atomic E-state index is 5.80. The Morgan fingerprint density at radius 3 is 3.05 bits per heavy atom. The highest BCUT2D eigenvalue weighted by atomic mass is 16.7. The van der Waals surface area contributed by atoms with Crippen LogP contribution in [0, 0.1) is 0 Å². The fraction of sp³-hybridized carbons (Fsp3) is 0.500. The monoisotopic (exact) mass is 279 g/mol. The minimum absolute atomic E-state index is 0.147. The molecule has 0 saturated carbocycles. The number of hydrogen-bond acceptors (Lipinski definition) is 4. The molecule has 110 valence electrons. The summed E-state index contributed by atoms with van der Waals surface area (Å²) in [5, 5.41) is 3.07. The van der Waals surface area contributed by atoms with Gasteiger partial charge in [0.15, 0.2) is 17.5 Å². The molecule has 1 aliphatic rings. The highest BCUT2D eigenvalue weighted by Crippen LogP contribution is 2.32. The molecule has 0 radical (unpaired) electrons. The normalized spacial score (nSPS) is 15.2. The maximum atomic E-state index is 5.80. The number of rotatable bonds is 6. The SMILES string of the molecule is COCC(C)NC(N)=NCCc1ccc2c(c1)OCO2. The van der Waals surface area contributed by atoms with Crippen molar-refractivity contribution < 1.29 is 14.2 Å². The van der Waals surface area contributed by atoms with Crippen molar-refractivity contribution in [2.24, 2.45) is 10.7 Å². The first-order valence-corrected chi connectivity index (χ1v) is 6.63. The molecule has 20 heavy (non-hydrogen) atoms. The van der Waals surface area contributed by atoms with Crippen molar-refractivity contribution in [1.29, 1.82) is 0 Å². The average Bonchev–Trinajstić information content (AvgIpc) is 2.86. The predicted molar refractivity (Wildman–Crippen MR) is 77.2 cm³/mol. The Bertz CT molecular complexity index is 477. The third-order valence-corrected chi connectivity index (χ3v) is 2.93. The van der Waals surface area contributed by atoms with E-state index in [1.165, 1.54) is 0 Å². The molecule has 6 heteroatoms. The number of hydrogen-bond donors (Lipinski definition) is 2. The van der Waals surface area contributed by atoms with Crippen LogP contribution in [0.5, 0.6) is 11.5 Å². The lowest BCUT2D eigenvalue weighted by Gasteiger charge is -2.13. The zero-order valence-electron chi connectivity index (χ0n) is 11.9. The van der Waals surface area contributed by atoms with Gasteiger partial charge in [0.2, 0.25) is 6.79 Å². The van der Waals surface area contributed by atoms with Crippen molar-refractivity contribution in [3.8, 4) is 11.5 Å². The van der Waals surface area contributed by atoms with Gasteiger partial charge in [-0.2, -0.15) is 0 Å². The molecule has 6 nitrogen and oxygen atoms in total. The van der Waals surface area contributed by atoms with Gasteiger partial charge in [-0.05, 0) is 31.0 Å². The number of nitrogens with one attached hydrogen (secondary N) is 1. The highest BCUT2D eigenvalue weighted by molar-refractivity contribution is 5.78. The molecule has 0 saturated heterocycles. The summed E-state index contributed by atoms with van der Waals surface area (Å²) in [5.41, 5.74) is 6.95. The second kappa shape index (κ2) is 7.00. The molecule has 1 atom stereocenters. The van der Waals surface area contributed by atoms with Gasteiger partial charge < -0.3 is 25.3 Å². The number of benzene rings is 1. The van der Waals surface area contributed by atoms with Crippen molar-refractivity contribution in [3.05, 3.63) is 23.8 Å². The zero-order valence-corrected chi connectivity index (χ0v) is 11.9. The third kappa shape index (κ3) is 4.03. The van der Waals surface area contributed by atoms with Crippen molar-refractivity contribution in [2.75, 3.05) is 27.1 Å². The van der Waals surface area contributed by atoms with Crippen LogP contribution < -0.4 is 20.5 Å². The van der Waals surface area contributed by atoms with Crippen molar-refractivity contribution in [3.63, 3.8) is 0 Å². The van der Waals surface area contributed by atoms with Crippen LogP contribution in [0.3, 0.4) is 0 Å². The van der Waals surface area contributed by atoms with E-state index in [1.807, 2.05) is 25.1 Å². The van der Waals surface area contributed by atoms with Crippen molar-refractivity contribution in [1.82, 2.24) is 5.32 Å². The van der Waals surface area contributed by atoms with E-state index in [9.17, 15) is 0 Å². The summed E-state index contributed by atoms with van der Waals surface area (Å²) in [6.45, 7) is 3.51. The largest absolute Gasteiger partial charge is 0.454 e. The van der Waals surface area contributed by atoms with E-state index in [0.717, 1.165) is 23.5 Å². The number of nitrogens with zero attached hydrogens (tertiary/aromatic N) is 1. The first-order chi connectivity index (χ1) is 9.69. The van der Waals surface area contributed by atoms with E-state index >= 15 is 0 Å². The Morgan fingerprint density at radius 1 is 1.45 bits per heavy atom. The van der Waals surface area contributed by atoms with Gasteiger partial charge in [-0.25, -0.2) is 0 Å². The van der Waals surface area contributed by atoms with Gasteiger partial charge in [-0.3, -0.25) is 4.99 Å². The highest BCUT2D eigenvalue weighted by Gasteiger charge is 2.12. The number of guanidine groups is 1. The number of ether oxygens (including phenoxy) is 3. The lowest BCUT2D eigenvalue weighted by molar-refractivity contribution is 0.174. The zero-order chi connectivity index (χ0) is 14.4. The molecule has 0 aromatic heterocycles.